The van der Waals surface area contributed by atoms with Gasteiger partial charge in [-0.05, 0) is 0 Å². The molecule has 0 heterocycles. The van der Waals surface area contributed by atoms with Crippen molar-refractivity contribution in [2.24, 2.45) is 0 Å². The summed E-state index contributed by atoms with van der Waals surface area (Å²) < 4.78 is 0. The van der Waals surface area contributed by atoms with Crippen LogP contribution >= 0.6 is 0 Å². The molecule has 0 aromatic heterocycles. The van der Waals surface area contributed by atoms with Crippen molar-refractivity contribution < 1.29 is 19.8 Å². The Bertz CT molecular complexity index is 195. The summed E-state index contributed by atoms with van der Waals surface area (Å²) >= 11 is 0. The van der Waals surface area contributed by atoms with Gasteiger partial charge in [0.1, 0.15) is 0 Å². The number of rotatable bonds is 6. The Hall–Kier alpha value is -0.910. The van der Waals surface area contributed by atoms with E-state index in [0.29, 0.717) is 0 Å². The zero-order valence-corrected chi connectivity index (χ0v) is 8.51. The van der Waals surface area contributed by atoms with E-state index in [1.165, 1.54) is 20.2 Å². The highest BCUT2D eigenvalue weighted by Gasteiger charge is 2.16. The molecule has 0 saturated carbocycles. The van der Waals surface area contributed by atoms with Gasteiger partial charge < -0.3 is 10.2 Å². The maximum Gasteiger partial charge on any atom is 0.248 e. The summed E-state index contributed by atoms with van der Waals surface area (Å²) in [5.74, 6) is -0.337. The molecule has 0 aliphatic carbocycles. The SMILES string of the molecule is C=C[C@@H](O)C[C@H](O)CC(=O)N(C)OC. The van der Waals surface area contributed by atoms with Crippen molar-refractivity contribution in [3.63, 3.8) is 0 Å². The number of amides is 1. The summed E-state index contributed by atoms with van der Waals surface area (Å²) in [5, 5.41) is 19.5. The van der Waals surface area contributed by atoms with E-state index in [9.17, 15) is 9.90 Å². The van der Waals surface area contributed by atoms with Crippen LogP contribution in [0.4, 0.5) is 0 Å². The molecule has 82 valence electrons. The highest BCUT2D eigenvalue weighted by atomic mass is 16.7. The van der Waals surface area contributed by atoms with Crippen molar-refractivity contribution in [3.8, 4) is 0 Å². The standard InChI is InChI=1S/C9H17NO4/c1-4-7(11)5-8(12)6-9(13)10(2)14-3/h4,7-8,11-12H,1,5-6H2,2-3H3/t7-,8+/m1/s1. The molecule has 0 aromatic carbocycles. The van der Waals surface area contributed by atoms with Crippen LogP contribution < -0.4 is 0 Å². The van der Waals surface area contributed by atoms with E-state index in [-0.39, 0.29) is 18.7 Å². The van der Waals surface area contributed by atoms with Crippen molar-refractivity contribution in [2.45, 2.75) is 25.0 Å². The fraction of sp³-hybridized carbons (Fsp3) is 0.667. The number of aliphatic hydroxyl groups excluding tert-OH is 2. The molecule has 0 saturated heterocycles. The molecule has 5 nitrogen and oxygen atoms in total. The molecule has 0 rings (SSSR count). The number of carbonyl (C=O) groups excluding carboxylic acids is 1. The lowest BCUT2D eigenvalue weighted by molar-refractivity contribution is -0.170. The van der Waals surface area contributed by atoms with E-state index in [4.69, 9.17) is 5.11 Å². The Labute approximate surface area is 83.5 Å². The van der Waals surface area contributed by atoms with Gasteiger partial charge in [-0.15, -0.1) is 6.58 Å². The van der Waals surface area contributed by atoms with Gasteiger partial charge in [0.25, 0.3) is 0 Å². The molecule has 0 aromatic rings. The largest absolute Gasteiger partial charge is 0.392 e. The van der Waals surface area contributed by atoms with E-state index in [1.807, 2.05) is 0 Å². The molecule has 2 atom stereocenters. The van der Waals surface area contributed by atoms with Crippen LogP contribution in [-0.2, 0) is 9.63 Å². The molecule has 0 fully saturated rings. The zero-order chi connectivity index (χ0) is 11.1. The van der Waals surface area contributed by atoms with Crippen LogP contribution in [0.25, 0.3) is 0 Å². The quantitative estimate of drug-likeness (QED) is 0.459. The summed E-state index contributed by atoms with van der Waals surface area (Å²) in [5.41, 5.74) is 0. The minimum atomic E-state index is -0.881. The lowest BCUT2D eigenvalue weighted by Gasteiger charge is -2.17. The maximum atomic E-state index is 11.2. The molecule has 0 aliphatic heterocycles. The van der Waals surface area contributed by atoms with Crippen LogP contribution in [0.15, 0.2) is 12.7 Å². The van der Waals surface area contributed by atoms with Crippen molar-refractivity contribution in [1.82, 2.24) is 5.06 Å². The van der Waals surface area contributed by atoms with Crippen LogP contribution in [0.1, 0.15) is 12.8 Å². The minimum Gasteiger partial charge on any atom is -0.392 e. The van der Waals surface area contributed by atoms with Crippen LogP contribution in [0.5, 0.6) is 0 Å². The summed E-state index contributed by atoms with van der Waals surface area (Å²) in [6.45, 7) is 3.36. The Balaban J connectivity index is 3.87. The van der Waals surface area contributed by atoms with E-state index in [0.717, 1.165) is 5.06 Å². The second kappa shape index (κ2) is 6.53. The number of aliphatic hydroxyl groups is 2. The summed E-state index contributed by atoms with van der Waals surface area (Å²) in [6.07, 6.45) is -0.325. The molecule has 14 heavy (non-hydrogen) atoms. The summed E-state index contributed by atoms with van der Waals surface area (Å²) in [7, 11) is 2.82. The number of nitrogens with zero attached hydrogens (tertiary/aromatic N) is 1. The molecule has 0 radical (unpaired) electrons. The van der Waals surface area contributed by atoms with Crippen molar-refractivity contribution >= 4 is 5.91 Å². The Morgan fingerprint density at radius 3 is 2.64 bits per heavy atom. The average molecular weight is 203 g/mol. The van der Waals surface area contributed by atoms with Crippen molar-refractivity contribution in [2.75, 3.05) is 14.2 Å². The van der Waals surface area contributed by atoms with Gasteiger partial charge in [-0.25, -0.2) is 5.06 Å². The van der Waals surface area contributed by atoms with Crippen LogP contribution in [0, 0.1) is 0 Å². The third kappa shape index (κ3) is 4.96. The number of hydrogen-bond donors (Lipinski definition) is 2. The highest BCUT2D eigenvalue weighted by molar-refractivity contribution is 5.75. The van der Waals surface area contributed by atoms with E-state index >= 15 is 0 Å². The summed E-state index contributed by atoms with van der Waals surface area (Å²) in [6, 6.07) is 0. The topological polar surface area (TPSA) is 70.0 Å². The second-order valence-electron chi connectivity index (χ2n) is 2.97. The van der Waals surface area contributed by atoms with Crippen LogP contribution in [-0.4, -0.2) is 47.5 Å². The zero-order valence-electron chi connectivity index (χ0n) is 8.51. The lowest BCUT2D eigenvalue weighted by Crippen LogP contribution is -2.30. The molecule has 0 aliphatic rings. The Morgan fingerprint density at radius 2 is 2.21 bits per heavy atom. The first kappa shape index (κ1) is 13.1. The first-order chi connectivity index (χ1) is 6.51. The smallest absolute Gasteiger partial charge is 0.248 e. The second-order valence-corrected chi connectivity index (χ2v) is 2.97. The highest BCUT2D eigenvalue weighted by Crippen LogP contribution is 2.05. The van der Waals surface area contributed by atoms with Gasteiger partial charge in [0.2, 0.25) is 5.91 Å². The molecule has 0 unspecified atom stereocenters. The monoisotopic (exact) mass is 203 g/mol. The van der Waals surface area contributed by atoms with Gasteiger partial charge in [-0.2, -0.15) is 0 Å². The normalized spacial score (nSPS) is 14.6. The summed E-state index contributed by atoms with van der Waals surface area (Å²) in [4.78, 5) is 15.8. The third-order valence-corrected chi connectivity index (χ3v) is 1.82. The average Bonchev–Trinajstić information content (AvgIpc) is 2.15. The Morgan fingerprint density at radius 1 is 1.64 bits per heavy atom. The first-order valence-corrected chi connectivity index (χ1v) is 4.30. The maximum absolute atomic E-state index is 11.2. The van der Waals surface area contributed by atoms with Gasteiger partial charge in [-0.3, -0.25) is 9.63 Å². The van der Waals surface area contributed by atoms with Gasteiger partial charge in [0.15, 0.2) is 0 Å². The molecule has 2 N–H and O–H groups in total. The predicted octanol–water partition coefficient (Wildman–Crippen LogP) is -0.306. The van der Waals surface area contributed by atoms with Gasteiger partial charge in [0.05, 0.1) is 25.7 Å². The Kier molecular flexibility index (Phi) is 6.11. The van der Waals surface area contributed by atoms with E-state index < -0.39 is 12.2 Å². The molecule has 1 amide bonds. The molecule has 0 bridgehead atoms. The fourth-order valence-corrected chi connectivity index (χ4v) is 0.890. The lowest BCUT2D eigenvalue weighted by atomic mass is 10.1. The number of hydrogen-bond acceptors (Lipinski definition) is 4. The third-order valence-electron chi connectivity index (χ3n) is 1.82. The van der Waals surface area contributed by atoms with Gasteiger partial charge in [-0.1, -0.05) is 6.08 Å². The first-order valence-electron chi connectivity index (χ1n) is 4.30. The number of carbonyl (C=O) groups is 1. The van der Waals surface area contributed by atoms with E-state index in [1.54, 1.807) is 0 Å². The van der Waals surface area contributed by atoms with Crippen LogP contribution in [0.2, 0.25) is 0 Å². The van der Waals surface area contributed by atoms with Crippen molar-refractivity contribution in [3.05, 3.63) is 12.7 Å². The van der Waals surface area contributed by atoms with Crippen LogP contribution in [0.3, 0.4) is 0 Å². The number of hydroxylamine groups is 2. The molecular formula is C9H17NO4. The molecular weight excluding hydrogens is 186 g/mol. The van der Waals surface area contributed by atoms with Gasteiger partial charge >= 0.3 is 0 Å². The molecule has 0 spiro atoms. The fourth-order valence-electron chi connectivity index (χ4n) is 0.890. The minimum absolute atomic E-state index is 0.0742. The van der Waals surface area contributed by atoms with E-state index in [2.05, 4.69) is 11.4 Å². The predicted molar refractivity (Wildman–Crippen MR) is 51.2 cm³/mol. The van der Waals surface area contributed by atoms with Gasteiger partial charge in [0, 0.05) is 13.5 Å². The van der Waals surface area contributed by atoms with Crippen molar-refractivity contribution in [1.29, 1.82) is 0 Å². The molecule has 5 heteroatoms.